The number of aryl methyl sites for hydroxylation is 2. The first kappa shape index (κ1) is 28.9. The normalized spacial score (nSPS) is 14.6. The molecule has 8 heteroatoms. The minimum Gasteiger partial charge on any atom is -0.497 e. The molecule has 4 aromatic rings. The zero-order valence-electron chi connectivity index (χ0n) is 25.9. The summed E-state index contributed by atoms with van der Waals surface area (Å²) >= 11 is 0. The summed E-state index contributed by atoms with van der Waals surface area (Å²) in [5.41, 5.74) is 7.18. The molecule has 2 aliphatic rings. The molecular formula is C36H32O8. The Morgan fingerprint density at radius 2 is 0.682 bits per heavy atom. The molecule has 6 rings (SSSR count). The summed E-state index contributed by atoms with van der Waals surface area (Å²) in [5.74, 6) is 2.11. The average Bonchev–Trinajstić information content (AvgIpc) is 3.03. The highest BCUT2D eigenvalue weighted by atomic mass is 16.5. The highest BCUT2D eigenvalue weighted by Crippen LogP contribution is 2.53. The minimum absolute atomic E-state index is 0.243. The number of hydrogen-bond acceptors (Lipinski definition) is 8. The number of rotatable bonds is 6. The van der Waals surface area contributed by atoms with Gasteiger partial charge in [0.1, 0.15) is 34.5 Å². The molecule has 0 radical (unpaired) electrons. The summed E-state index contributed by atoms with van der Waals surface area (Å²) in [6.45, 7) is 3.89. The Hall–Kier alpha value is -5.24. The second-order valence-electron chi connectivity index (χ2n) is 10.7. The molecule has 0 aromatic heterocycles. The van der Waals surface area contributed by atoms with Crippen LogP contribution >= 0.6 is 0 Å². The van der Waals surface area contributed by atoms with Gasteiger partial charge in [-0.3, -0.25) is 9.59 Å². The van der Waals surface area contributed by atoms with E-state index in [9.17, 15) is 9.59 Å². The van der Waals surface area contributed by atoms with Crippen LogP contribution in [0.3, 0.4) is 0 Å². The van der Waals surface area contributed by atoms with Crippen LogP contribution in [0.25, 0.3) is 11.1 Å². The molecule has 0 spiro atoms. The van der Waals surface area contributed by atoms with E-state index in [0.29, 0.717) is 90.2 Å². The fourth-order valence-corrected chi connectivity index (χ4v) is 6.37. The SMILES string of the molecule is COc1cc(OC)c2c(c1)/C(=C1\c3cc(C)cc(OC)c3C(=O)c3c(OC)cc(OC)cc31)c1cc(C)cc(OC)c1C2=O. The summed E-state index contributed by atoms with van der Waals surface area (Å²) < 4.78 is 34.5. The molecule has 0 saturated carbocycles. The van der Waals surface area contributed by atoms with Crippen LogP contribution in [0.4, 0.5) is 0 Å². The van der Waals surface area contributed by atoms with E-state index < -0.39 is 0 Å². The maximum absolute atomic E-state index is 14.4. The number of carbonyl (C=O) groups is 2. The Kier molecular flexibility index (Phi) is 7.08. The quantitative estimate of drug-likeness (QED) is 0.218. The minimum atomic E-state index is -0.243. The molecule has 0 heterocycles. The van der Waals surface area contributed by atoms with Crippen molar-refractivity contribution in [1.82, 2.24) is 0 Å². The van der Waals surface area contributed by atoms with Gasteiger partial charge >= 0.3 is 0 Å². The predicted molar refractivity (Wildman–Crippen MR) is 166 cm³/mol. The van der Waals surface area contributed by atoms with E-state index in [2.05, 4.69) is 0 Å². The molecule has 0 aliphatic heterocycles. The van der Waals surface area contributed by atoms with Gasteiger partial charge < -0.3 is 28.4 Å². The fraction of sp³-hybridized carbons (Fsp3) is 0.222. The number of benzene rings is 4. The highest BCUT2D eigenvalue weighted by Gasteiger charge is 2.40. The molecule has 0 saturated heterocycles. The lowest BCUT2D eigenvalue weighted by Gasteiger charge is -2.32. The third-order valence-electron chi connectivity index (χ3n) is 8.23. The summed E-state index contributed by atoms with van der Waals surface area (Å²) in [7, 11) is 9.25. The van der Waals surface area contributed by atoms with Crippen LogP contribution in [-0.2, 0) is 0 Å². The Morgan fingerprint density at radius 1 is 0.386 bits per heavy atom. The van der Waals surface area contributed by atoms with Crippen LogP contribution in [0, 0.1) is 13.8 Å². The average molecular weight is 593 g/mol. The van der Waals surface area contributed by atoms with E-state index in [0.717, 1.165) is 11.1 Å². The summed E-state index contributed by atoms with van der Waals surface area (Å²) in [5, 5.41) is 0. The van der Waals surface area contributed by atoms with Gasteiger partial charge in [0, 0.05) is 23.3 Å². The number of methoxy groups -OCH3 is 6. The van der Waals surface area contributed by atoms with Crippen LogP contribution < -0.4 is 28.4 Å². The maximum Gasteiger partial charge on any atom is 0.201 e. The molecule has 0 fully saturated rings. The monoisotopic (exact) mass is 592 g/mol. The lowest BCUT2D eigenvalue weighted by atomic mass is 9.71. The molecular weight excluding hydrogens is 560 g/mol. The lowest BCUT2D eigenvalue weighted by Crippen LogP contribution is -2.22. The zero-order valence-corrected chi connectivity index (χ0v) is 25.9. The van der Waals surface area contributed by atoms with Crippen molar-refractivity contribution in [3.05, 3.63) is 104 Å². The van der Waals surface area contributed by atoms with Crippen LogP contribution in [0.1, 0.15) is 65.2 Å². The number of carbonyl (C=O) groups excluding carboxylic acids is 2. The van der Waals surface area contributed by atoms with Crippen LogP contribution in [0.5, 0.6) is 34.5 Å². The predicted octanol–water partition coefficient (Wildman–Crippen LogP) is 6.45. The fourth-order valence-electron chi connectivity index (χ4n) is 6.37. The van der Waals surface area contributed by atoms with Gasteiger partial charge in [0.15, 0.2) is 0 Å². The Morgan fingerprint density at radius 3 is 0.977 bits per heavy atom. The highest BCUT2D eigenvalue weighted by molar-refractivity contribution is 6.29. The molecule has 8 nitrogen and oxygen atoms in total. The molecule has 0 N–H and O–H groups in total. The van der Waals surface area contributed by atoms with Gasteiger partial charge in [-0.05, 0) is 71.5 Å². The van der Waals surface area contributed by atoms with Crippen molar-refractivity contribution in [2.45, 2.75) is 13.8 Å². The second-order valence-corrected chi connectivity index (χ2v) is 10.7. The van der Waals surface area contributed by atoms with Gasteiger partial charge in [-0.2, -0.15) is 0 Å². The van der Waals surface area contributed by atoms with Gasteiger partial charge in [0.25, 0.3) is 0 Å². The Labute approximate surface area is 255 Å². The summed E-state index contributed by atoms with van der Waals surface area (Å²) in [6, 6.07) is 14.6. The van der Waals surface area contributed by atoms with E-state index in [1.807, 2.05) is 50.2 Å². The summed E-state index contributed by atoms with van der Waals surface area (Å²) in [6.07, 6.45) is 0. The third kappa shape index (κ3) is 4.12. The molecule has 4 aromatic carbocycles. The first-order chi connectivity index (χ1) is 21.2. The van der Waals surface area contributed by atoms with E-state index in [4.69, 9.17) is 28.4 Å². The van der Waals surface area contributed by atoms with E-state index >= 15 is 0 Å². The molecule has 224 valence electrons. The molecule has 0 amide bonds. The van der Waals surface area contributed by atoms with Crippen molar-refractivity contribution in [3.8, 4) is 34.5 Å². The van der Waals surface area contributed by atoms with Gasteiger partial charge in [0.05, 0.1) is 64.9 Å². The Bertz CT molecular complexity index is 1790. The zero-order chi connectivity index (χ0) is 31.4. The van der Waals surface area contributed by atoms with Crippen molar-refractivity contribution in [3.63, 3.8) is 0 Å². The van der Waals surface area contributed by atoms with Gasteiger partial charge in [-0.15, -0.1) is 0 Å². The summed E-state index contributed by atoms with van der Waals surface area (Å²) in [4.78, 5) is 28.7. The molecule has 2 aliphatic carbocycles. The standard InChI is InChI=1S/C36H32O8/c1-17-9-21-29(23-13-19(39-3)15-27(43-7)33(23)35(37)31(21)25(11-17)41-5)30-22-10-18(2)12-26(42-6)32(22)36(38)34-24(30)14-20(40-4)16-28(34)44-8/h9-16H,1-8H3/b30-29+. The number of hydrogen-bond donors (Lipinski definition) is 0. The lowest BCUT2D eigenvalue weighted by molar-refractivity contribution is 0.102. The van der Waals surface area contributed by atoms with Gasteiger partial charge in [-0.25, -0.2) is 0 Å². The smallest absolute Gasteiger partial charge is 0.201 e. The number of ketones is 2. The van der Waals surface area contributed by atoms with E-state index in [1.165, 1.54) is 14.2 Å². The molecule has 0 atom stereocenters. The van der Waals surface area contributed by atoms with Gasteiger partial charge in [0.2, 0.25) is 11.6 Å². The Balaban J connectivity index is 1.94. The number of fused-ring (bicyclic) bond motifs is 4. The van der Waals surface area contributed by atoms with Crippen molar-refractivity contribution in [2.24, 2.45) is 0 Å². The van der Waals surface area contributed by atoms with Crippen molar-refractivity contribution < 1.29 is 38.0 Å². The topological polar surface area (TPSA) is 89.5 Å². The molecule has 0 bridgehead atoms. The third-order valence-corrected chi connectivity index (χ3v) is 8.23. The maximum atomic E-state index is 14.4. The first-order valence-electron chi connectivity index (χ1n) is 14.0. The van der Waals surface area contributed by atoms with Crippen LogP contribution in [-0.4, -0.2) is 54.2 Å². The first-order valence-corrected chi connectivity index (χ1v) is 14.0. The number of ether oxygens (including phenoxy) is 6. The van der Waals surface area contributed by atoms with Gasteiger partial charge in [-0.1, -0.05) is 12.1 Å². The molecule has 0 unspecified atom stereocenters. The van der Waals surface area contributed by atoms with Crippen molar-refractivity contribution >= 4 is 22.7 Å². The van der Waals surface area contributed by atoms with E-state index in [-0.39, 0.29) is 11.6 Å². The largest absolute Gasteiger partial charge is 0.497 e. The van der Waals surface area contributed by atoms with Crippen molar-refractivity contribution in [2.75, 3.05) is 42.7 Å². The van der Waals surface area contributed by atoms with Crippen molar-refractivity contribution in [1.29, 1.82) is 0 Å². The van der Waals surface area contributed by atoms with Crippen LogP contribution in [0.2, 0.25) is 0 Å². The molecule has 44 heavy (non-hydrogen) atoms. The second kappa shape index (κ2) is 10.8. The van der Waals surface area contributed by atoms with Crippen LogP contribution in [0.15, 0.2) is 48.5 Å². The van der Waals surface area contributed by atoms with E-state index in [1.54, 1.807) is 40.6 Å².